The molecule has 3 heterocycles. The summed E-state index contributed by atoms with van der Waals surface area (Å²) in [6, 6.07) is 9.94. The lowest BCUT2D eigenvalue weighted by atomic mass is 9.79. The Labute approximate surface area is 143 Å². The van der Waals surface area contributed by atoms with Crippen LogP contribution in [0.5, 0.6) is 5.75 Å². The van der Waals surface area contributed by atoms with E-state index in [0.29, 0.717) is 37.1 Å². The average Bonchev–Trinajstić information content (AvgIpc) is 3.32. The Balaban J connectivity index is 1.57. The summed E-state index contributed by atoms with van der Waals surface area (Å²) in [4.78, 5) is 8.47. The van der Waals surface area contributed by atoms with E-state index in [1.54, 1.807) is 36.7 Å². The molecule has 3 aromatic rings. The zero-order valence-corrected chi connectivity index (χ0v) is 13.4. The molecule has 6 nitrogen and oxygen atoms in total. The van der Waals surface area contributed by atoms with E-state index in [0.717, 1.165) is 5.56 Å². The van der Waals surface area contributed by atoms with Gasteiger partial charge < -0.3 is 14.0 Å². The Hall–Kier alpha value is -2.80. The molecular weight excluding hydrogens is 325 g/mol. The molecule has 0 N–H and O–H groups in total. The van der Waals surface area contributed by atoms with Crippen LogP contribution in [-0.2, 0) is 16.8 Å². The van der Waals surface area contributed by atoms with Gasteiger partial charge in [0.15, 0.2) is 12.4 Å². The maximum Gasteiger partial charge on any atom is 0.264 e. The van der Waals surface area contributed by atoms with Crippen molar-refractivity contribution >= 4 is 0 Å². The largest absolute Gasteiger partial charge is 0.482 e. The minimum absolute atomic E-state index is 0.152. The lowest BCUT2D eigenvalue weighted by Crippen LogP contribution is -2.29. The first-order valence-corrected chi connectivity index (χ1v) is 7.96. The topological polar surface area (TPSA) is 70.3 Å². The van der Waals surface area contributed by atoms with Crippen molar-refractivity contribution in [3.8, 4) is 5.75 Å². The first-order chi connectivity index (χ1) is 12.3. The zero-order chi connectivity index (χ0) is 17.1. The first kappa shape index (κ1) is 15.7. The van der Waals surface area contributed by atoms with Crippen LogP contribution in [0.1, 0.15) is 23.7 Å². The van der Waals surface area contributed by atoms with Crippen LogP contribution in [0.25, 0.3) is 0 Å². The summed E-state index contributed by atoms with van der Waals surface area (Å²) in [5, 5.41) is 4.13. The highest BCUT2D eigenvalue weighted by molar-refractivity contribution is 5.34. The van der Waals surface area contributed by atoms with Crippen molar-refractivity contribution in [1.29, 1.82) is 0 Å². The van der Waals surface area contributed by atoms with Gasteiger partial charge >= 0.3 is 0 Å². The maximum atomic E-state index is 13.3. The van der Waals surface area contributed by atoms with Gasteiger partial charge in [-0.25, -0.2) is 4.39 Å². The molecule has 0 amide bonds. The highest BCUT2D eigenvalue weighted by Crippen LogP contribution is 2.38. The van der Waals surface area contributed by atoms with E-state index in [-0.39, 0.29) is 12.4 Å². The molecule has 1 aliphatic heterocycles. The summed E-state index contributed by atoms with van der Waals surface area (Å²) in [5.41, 5.74) is 0.385. The molecule has 4 rings (SSSR count). The summed E-state index contributed by atoms with van der Waals surface area (Å²) in [7, 11) is 0. The van der Waals surface area contributed by atoms with Crippen molar-refractivity contribution in [2.75, 3.05) is 13.2 Å². The number of nitrogens with zero attached hydrogens (tertiary/aromatic N) is 3. The van der Waals surface area contributed by atoms with Gasteiger partial charge in [0.05, 0.1) is 18.2 Å². The molecule has 0 aliphatic carbocycles. The van der Waals surface area contributed by atoms with Crippen LogP contribution in [0.3, 0.4) is 0 Å². The Bertz CT molecular complexity index is 830. The molecule has 25 heavy (non-hydrogen) atoms. The van der Waals surface area contributed by atoms with Gasteiger partial charge in [-0.2, -0.15) is 4.98 Å². The van der Waals surface area contributed by atoms with E-state index < -0.39 is 5.41 Å². The van der Waals surface area contributed by atoms with Gasteiger partial charge in [-0.3, -0.25) is 4.98 Å². The number of hydrogen-bond donors (Lipinski definition) is 0. The van der Waals surface area contributed by atoms with Crippen molar-refractivity contribution in [2.45, 2.75) is 18.4 Å². The lowest BCUT2D eigenvalue weighted by molar-refractivity contribution is 0.182. The number of pyridine rings is 1. The molecule has 0 unspecified atom stereocenters. The van der Waals surface area contributed by atoms with E-state index in [1.807, 2.05) is 0 Å². The monoisotopic (exact) mass is 341 g/mol. The van der Waals surface area contributed by atoms with E-state index in [2.05, 4.69) is 15.1 Å². The molecule has 1 saturated heterocycles. The first-order valence-electron chi connectivity index (χ1n) is 7.96. The fraction of sp³-hybridized carbons (Fsp3) is 0.278. The Morgan fingerprint density at radius 1 is 1.20 bits per heavy atom. The lowest BCUT2D eigenvalue weighted by Gasteiger charge is -2.23. The van der Waals surface area contributed by atoms with Crippen LogP contribution in [0.15, 0.2) is 53.3 Å². The second-order valence-corrected chi connectivity index (χ2v) is 5.88. The average molecular weight is 341 g/mol. The van der Waals surface area contributed by atoms with Crippen LogP contribution in [-0.4, -0.2) is 28.3 Å². The number of aromatic nitrogens is 3. The SMILES string of the molecule is Fc1ccc([C@@]2(c3noc(COc4cccnc4)n3)CCOC2)cc1. The number of benzene rings is 1. The normalized spacial score (nSPS) is 19.9. The Morgan fingerprint density at radius 3 is 2.80 bits per heavy atom. The maximum absolute atomic E-state index is 13.3. The van der Waals surface area contributed by atoms with E-state index in [1.165, 1.54) is 12.1 Å². The fourth-order valence-corrected chi connectivity index (χ4v) is 2.95. The molecule has 7 heteroatoms. The van der Waals surface area contributed by atoms with Crippen molar-refractivity contribution in [1.82, 2.24) is 15.1 Å². The molecule has 128 valence electrons. The summed E-state index contributed by atoms with van der Waals surface area (Å²) in [6.07, 6.45) is 3.99. The quantitative estimate of drug-likeness (QED) is 0.711. The van der Waals surface area contributed by atoms with Gasteiger partial charge in [0, 0.05) is 12.8 Å². The summed E-state index contributed by atoms with van der Waals surface area (Å²) in [6.45, 7) is 1.17. The molecule has 0 bridgehead atoms. The highest BCUT2D eigenvalue weighted by atomic mass is 19.1. The van der Waals surface area contributed by atoms with Gasteiger partial charge in [-0.05, 0) is 36.2 Å². The van der Waals surface area contributed by atoms with Crippen molar-refractivity contribution in [3.05, 3.63) is 71.9 Å². The van der Waals surface area contributed by atoms with Crippen LogP contribution in [0, 0.1) is 5.82 Å². The third-order valence-corrected chi connectivity index (χ3v) is 4.31. The molecule has 2 aromatic heterocycles. The van der Waals surface area contributed by atoms with Crippen molar-refractivity contribution < 1.29 is 18.4 Å². The van der Waals surface area contributed by atoms with Crippen LogP contribution in [0.2, 0.25) is 0 Å². The highest BCUT2D eigenvalue weighted by Gasteiger charge is 2.42. The number of ether oxygens (including phenoxy) is 2. The number of hydrogen-bond acceptors (Lipinski definition) is 6. The second kappa shape index (κ2) is 6.60. The fourth-order valence-electron chi connectivity index (χ4n) is 2.95. The summed E-state index contributed by atoms with van der Waals surface area (Å²) >= 11 is 0. The second-order valence-electron chi connectivity index (χ2n) is 5.88. The molecule has 0 spiro atoms. The van der Waals surface area contributed by atoms with Crippen molar-refractivity contribution in [2.24, 2.45) is 0 Å². The van der Waals surface area contributed by atoms with Gasteiger partial charge in [0.1, 0.15) is 11.6 Å². The standard InChI is InChI=1S/C18H16FN3O3/c19-14-5-3-13(4-6-14)18(7-9-23-12-18)17-21-16(25-22-17)11-24-15-2-1-8-20-10-15/h1-6,8,10H,7,9,11-12H2/t18-/m1/s1. The predicted octanol–water partition coefficient (Wildman–Crippen LogP) is 2.89. The van der Waals surface area contributed by atoms with Gasteiger partial charge in [-0.1, -0.05) is 17.3 Å². The minimum Gasteiger partial charge on any atom is -0.482 e. The molecule has 1 aliphatic rings. The van der Waals surface area contributed by atoms with E-state index >= 15 is 0 Å². The molecule has 0 saturated carbocycles. The summed E-state index contributed by atoms with van der Waals surface area (Å²) in [5.74, 6) is 1.24. The van der Waals surface area contributed by atoms with Gasteiger partial charge in [-0.15, -0.1) is 0 Å². The van der Waals surface area contributed by atoms with Gasteiger partial charge in [0.2, 0.25) is 0 Å². The van der Waals surface area contributed by atoms with Crippen molar-refractivity contribution in [3.63, 3.8) is 0 Å². The van der Waals surface area contributed by atoms with Crippen LogP contribution < -0.4 is 4.74 Å². The third-order valence-electron chi connectivity index (χ3n) is 4.31. The number of halogens is 1. The van der Waals surface area contributed by atoms with E-state index in [9.17, 15) is 4.39 Å². The molecule has 1 fully saturated rings. The smallest absolute Gasteiger partial charge is 0.264 e. The molecule has 0 radical (unpaired) electrons. The van der Waals surface area contributed by atoms with Crippen LogP contribution in [0.4, 0.5) is 4.39 Å². The molecular formula is C18H16FN3O3. The Kier molecular flexibility index (Phi) is 4.15. The van der Waals surface area contributed by atoms with E-state index in [4.69, 9.17) is 14.0 Å². The molecule has 1 atom stereocenters. The van der Waals surface area contributed by atoms with Crippen LogP contribution >= 0.6 is 0 Å². The Morgan fingerprint density at radius 2 is 2.08 bits per heavy atom. The summed E-state index contributed by atoms with van der Waals surface area (Å²) < 4.78 is 29.8. The third kappa shape index (κ3) is 3.10. The molecule has 1 aromatic carbocycles. The zero-order valence-electron chi connectivity index (χ0n) is 13.4. The van der Waals surface area contributed by atoms with Gasteiger partial charge in [0.25, 0.3) is 5.89 Å². The minimum atomic E-state index is -0.524. The number of rotatable bonds is 5. The predicted molar refractivity (Wildman–Crippen MR) is 85.5 cm³/mol.